The molecule has 534 valence electrons. The van der Waals surface area contributed by atoms with Crippen LogP contribution in [0.2, 0.25) is 20.6 Å². The Morgan fingerprint density at radius 1 is 0.480 bits per heavy atom. The van der Waals surface area contributed by atoms with Crippen LogP contribution in [0.5, 0.6) is 0 Å². The van der Waals surface area contributed by atoms with Gasteiger partial charge in [-0.05, 0) is 83.4 Å². The molecule has 43 heteroatoms. The highest BCUT2D eigenvalue weighted by Gasteiger charge is 2.39. The van der Waals surface area contributed by atoms with E-state index in [1.807, 2.05) is 32.7 Å². The van der Waals surface area contributed by atoms with Crippen molar-refractivity contribution < 1.29 is 84.5 Å². The Kier molecular flexibility index (Phi) is 28.0. The lowest BCUT2D eigenvalue weighted by Gasteiger charge is -2.33. The number of benzene rings is 4. The van der Waals surface area contributed by atoms with E-state index in [0.29, 0.717) is 68.6 Å². The first-order valence-corrected chi connectivity index (χ1v) is 29.7. The fraction of sp³-hybridized carbons (Fsp3) is 0.382. The smallest absolute Gasteiger partial charge is 0.351 e. The van der Waals surface area contributed by atoms with Crippen molar-refractivity contribution in [2.75, 3.05) is 96.6 Å². The molecule has 0 atom stereocenters. The first-order valence-electron chi connectivity index (χ1n) is 28.2. The van der Waals surface area contributed by atoms with E-state index >= 15 is 0 Å². The van der Waals surface area contributed by atoms with Crippen molar-refractivity contribution in [3.05, 3.63) is 127 Å². The van der Waals surface area contributed by atoms with E-state index in [9.17, 15) is 70.2 Å². The molecule has 0 unspecified atom stereocenters. The molecule has 8 N–H and O–H groups in total. The summed E-state index contributed by atoms with van der Waals surface area (Å²) in [5, 5.41) is 17.2. The number of piperazine rings is 2. The van der Waals surface area contributed by atoms with Crippen LogP contribution in [-0.4, -0.2) is 162 Å². The number of nitrogens with one attached hydrogen (secondary N) is 2. The Bertz CT molecular complexity index is 4300. The van der Waals surface area contributed by atoms with E-state index in [4.69, 9.17) is 66.5 Å². The molecular formula is C55H56Cl4F16N20O3. The highest BCUT2D eigenvalue weighted by Crippen LogP contribution is 2.39. The second-order valence-electron chi connectivity index (χ2n) is 19.9. The van der Waals surface area contributed by atoms with E-state index in [-0.39, 0.29) is 59.7 Å². The molecule has 0 radical (unpaired) electrons. The summed E-state index contributed by atoms with van der Waals surface area (Å²) in [6, 6.07) is 6.79. The number of aromatic nitrogens is 12. The number of hydrogen-bond acceptors (Lipinski definition) is 21. The van der Waals surface area contributed by atoms with Gasteiger partial charge in [0.1, 0.15) is 34.7 Å². The Morgan fingerprint density at radius 3 is 1.27 bits per heavy atom. The summed E-state index contributed by atoms with van der Waals surface area (Å²) in [7, 11) is 4.13. The minimum absolute atomic E-state index is 0.0525. The number of likely N-dealkylation sites (N-methyl/N-ethyl adjacent to an activating group) is 2. The van der Waals surface area contributed by atoms with Gasteiger partial charge in [0.15, 0.2) is 61.2 Å². The zero-order valence-corrected chi connectivity index (χ0v) is 54.4. The van der Waals surface area contributed by atoms with Gasteiger partial charge < -0.3 is 39.7 Å². The van der Waals surface area contributed by atoms with Crippen LogP contribution in [0.1, 0.15) is 43.0 Å². The van der Waals surface area contributed by atoms with Gasteiger partial charge in [-0.2, -0.15) is 52.7 Å². The van der Waals surface area contributed by atoms with Gasteiger partial charge in [0.05, 0.1) is 44.3 Å². The molecule has 23 nitrogen and oxygen atoms in total. The van der Waals surface area contributed by atoms with E-state index in [0.717, 1.165) is 44.4 Å². The standard InChI is InChI=1S/C15H14F4N6.C10H3ClF4N4.C9H2Cl2F4N2.C9H5ClF4N4.C7H16O3.C5H12N2.H4N2/c1-23-4-6-24(7-5-23)13-14-22-20-8-25(14)10-3-2-9(15(17,18)19)11(16)12(10)21-13;11-8-9-18-16-3-19(9)5-2-1-4(10(13,14)15)6(12)7(5)17-8;10-7-8(11)17-6-4(16-7)2-1-3(5(6)12)9(13,14)15;10-7-8(18-15)16-4-2-1-3(9(12,13)14)5(11)6(4)17-7;1-4-8-7(9-5-2)10-6-3;1-7-4-2-6-3-5-7;1-2/h2-3,8H,4-7H2,1H3;1-3H;1-2H;1-2H,15H2,(H,16,18);7H,4-6H2,1-3H3;6H,2-5H2,1H3;1-2H2. The van der Waals surface area contributed by atoms with Crippen LogP contribution in [0.15, 0.2) is 61.2 Å². The number of alkyl halides is 12. The summed E-state index contributed by atoms with van der Waals surface area (Å²) in [6.07, 6.45) is -16.6. The van der Waals surface area contributed by atoms with Crippen molar-refractivity contribution >= 4 is 113 Å². The van der Waals surface area contributed by atoms with Gasteiger partial charge in [-0.3, -0.25) is 20.5 Å². The third kappa shape index (κ3) is 19.7. The zero-order valence-electron chi connectivity index (χ0n) is 51.4. The van der Waals surface area contributed by atoms with Crippen molar-refractivity contribution in [2.45, 2.75) is 52.0 Å². The van der Waals surface area contributed by atoms with Crippen molar-refractivity contribution in [1.29, 1.82) is 0 Å². The van der Waals surface area contributed by atoms with E-state index in [1.54, 1.807) is 0 Å². The number of hydrogen-bond donors (Lipinski definition) is 5. The minimum atomic E-state index is -4.81. The Hall–Kier alpha value is -7.54. The number of fused-ring (bicyclic) bond motifs is 8. The summed E-state index contributed by atoms with van der Waals surface area (Å²) in [4.78, 5) is 28.5. The maximum Gasteiger partial charge on any atom is 0.419 e. The number of hydrazine groups is 2. The number of nitrogens with zero attached hydrogens (tertiary/aromatic N) is 15. The van der Waals surface area contributed by atoms with E-state index in [1.165, 1.54) is 40.6 Å². The molecule has 0 aliphatic carbocycles. The molecule has 2 fully saturated rings. The fourth-order valence-corrected chi connectivity index (χ4v) is 9.43. The second kappa shape index (κ2) is 34.5. The number of ether oxygens (including phenoxy) is 3. The molecular weight excluding hydrogens is 1430 g/mol. The molecule has 10 aromatic rings. The van der Waals surface area contributed by atoms with Crippen molar-refractivity contribution in [3.8, 4) is 0 Å². The molecule has 2 saturated heterocycles. The molecule has 0 saturated carbocycles. The van der Waals surface area contributed by atoms with Gasteiger partial charge in [-0.25, -0.2) is 53.3 Å². The quantitative estimate of drug-likeness (QED) is 0.0409. The van der Waals surface area contributed by atoms with Crippen LogP contribution in [0, 0.1) is 23.3 Å². The second-order valence-corrected chi connectivity index (χ2v) is 21.3. The molecule has 2 aliphatic rings. The summed E-state index contributed by atoms with van der Waals surface area (Å²) < 4.78 is 225. The maximum atomic E-state index is 14.5. The van der Waals surface area contributed by atoms with Crippen LogP contribution in [0.4, 0.5) is 81.9 Å². The van der Waals surface area contributed by atoms with Crippen LogP contribution in [0.25, 0.3) is 55.4 Å². The highest BCUT2D eigenvalue weighted by molar-refractivity contribution is 6.40. The first-order chi connectivity index (χ1) is 46.1. The third-order valence-electron chi connectivity index (χ3n) is 13.5. The first kappa shape index (κ1) is 79.4. The van der Waals surface area contributed by atoms with Crippen molar-refractivity contribution in [3.63, 3.8) is 0 Å². The predicted octanol–water partition coefficient (Wildman–Crippen LogP) is 11.8. The predicted molar refractivity (Wildman–Crippen MR) is 330 cm³/mol. The highest BCUT2D eigenvalue weighted by atomic mass is 35.5. The van der Waals surface area contributed by atoms with Crippen molar-refractivity contribution in [1.82, 2.24) is 74.2 Å². The van der Waals surface area contributed by atoms with Gasteiger partial charge in [0.25, 0.3) is 6.48 Å². The van der Waals surface area contributed by atoms with Crippen LogP contribution < -0.4 is 33.2 Å². The number of rotatable bonds is 8. The maximum absolute atomic E-state index is 14.5. The molecule has 2 aliphatic heterocycles. The average Bonchev–Trinajstić information content (AvgIpc) is 1.38. The lowest BCUT2D eigenvalue weighted by Crippen LogP contribution is -2.45. The largest absolute Gasteiger partial charge is 0.419 e. The Morgan fingerprint density at radius 2 is 0.847 bits per heavy atom. The molecule has 0 spiro atoms. The van der Waals surface area contributed by atoms with Crippen LogP contribution in [0.3, 0.4) is 0 Å². The lowest BCUT2D eigenvalue weighted by molar-refractivity contribution is -0.282. The molecule has 8 heterocycles. The fourth-order valence-electron chi connectivity index (χ4n) is 8.77. The topological polar surface area (TPSA) is 277 Å². The monoisotopic (exact) mass is 1490 g/mol. The molecule has 98 heavy (non-hydrogen) atoms. The summed E-state index contributed by atoms with van der Waals surface area (Å²) in [5.74, 6) is 7.48. The Balaban J connectivity index is 0.000000191. The zero-order chi connectivity index (χ0) is 72.8. The van der Waals surface area contributed by atoms with Gasteiger partial charge in [0.2, 0.25) is 5.65 Å². The van der Waals surface area contributed by atoms with Gasteiger partial charge in [0, 0.05) is 72.2 Å². The molecule has 4 aromatic carbocycles. The molecule has 12 rings (SSSR count). The number of anilines is 2. The lowest BCUT2D eigenvalue weighted by atomic mass is 10.1. The van der Waals surface area contributed by atoms with E-state index in [2.05, 4.69) is 89.6 Å². The van der Waals surface area contributed by atoms with E-state index < -0.39 is 93.3 Å². The van der Waals surface area contributed by atoms with Gasteiger partial charge >= 0.3 is 24.7 Å². The molecule has 0 amide bonds. The number of nitrogens with two attached hydrogens (primary N) is 3. The summed E-state index contributed by atoms with van der Waals surface area (Å²) in [6.45, 7) is 14.6. The van der Waals surface area contributed by atoms with Gasteiger partial charge in [-0.1, -0.05) is 46.4 Å². The average molecular weight is 1490 g/mol. The summed E-state index contributed by atoms with van der Waals surface area (Å²) >= 11 is 22.3. The van der Waals surface area contributed by atoms with Crippen LogP contribution in [-0.2, 0) is 38.9 Å². The number of halogens is 20. The molecule has 0 bridgehead atoms. The van der Waals surface area contributed by atoms with Gasteiger partial charge in [-0.15, -0.1) is 20.4 Å². The SMILES string of the molecule is CCOC(OCC)OCC.CN1CCN(c2nc3c(F)c(C(F)(F)F)ccc3n3cnnc23)CC1.CN1CCNCC1.Fc1c(C(F)(F)F)ccc2c1nc(Cl)c1nncn12.Fc1c(C(F)(F)F)ccc2nc(Cl)c(Cl)nc12.NN.NNc1nc2ccc(C(F)(F)F)c(F)c2nc1Cl. The molecule has 6 aromatic heterocycles. The third-order valence-corrected chi connectivity index (χ3v) is 14.6. The Labute approximate surface area is 563 Å². The number of nitrogen functional groups attached to an aromatic ring is 1. The van der Waals surface area contributed by atoms with Crippen LogP contribution >= 0.6 is 46.4 Å². The van der Waals surface area contributed by atoms with Crippen molar-refractivity contribution in [2.24, 2.45) is 17.5 Å². The minimum Gasteiger partial charge on any atom is -0.351 e. The summed E-state index contributed by atoms with van der Waals surface area (Å²) in [5.41, 5.74) is -4.73. The normalized spacial score (nSPS) is 14.0.